The highest BCUT2D eigenvalue weighted by atomic mass is 32.1. The number of aromatic nitrogens is 2. The molecular weight excluding hydrogens is 272 g/mol. The normalized spacial score (nSPS) is 10.9. The molecule has 0 spiro atoms. The maximum Gasteiger partial charge on any atom is 0.226 e. The number of nitrogens with one attached hydrogen (secondary N) is 2. The van der Waals surface area contributed by atoms with Gasteiger partial charge in [-0.2, -0.15) is 4.98 Å². The van der Waals surface area contributed by atoms with Crippen molar-refractivity contribution in [1.29, 1.82) is 0 Å². The predicted octanol–water partition coefficient (Wildman–Crippen LogP) is 3.09. The Labute approximate surface area is 123 Å². The van der Waals surface area contributed by atoms with E-state index in [2.05, 4.69) is 33.6 Å². The van der Waals surface area contributed by atoms with Crippen molar-refractivity contribution >= 4 is 33.3 Å². The molecule has 0 aromatic carbocycles. The Morgan fingerprint density at radius 2 is 2.05 bits per heavy atom. The molecule has 0 aliphatic carbocycles. The van der Waals surface area contributed by atoms with Crippen LogP contribution in [0, 0.1) is 0 Å². The molecule has 0 atom stereocenters. The number of hydrogen-bond acceptors (Lipinski definition) is 6. The Kier molecular flexibility index (Phi) is 6.01. The van der Waals surface area contributed by atoms with E-state index in [1.165, 1.54) is 0 Å². The molecule has 0 bridgehead atoms. The van der Waals surface area contributed by atoms with E-state index >= 15 is 0 Å². The lowest BCUT2D eigenvalue weighted by Gasteiger charge is -2.09. The lowest BCUT2D eigenvalue weighted by atomic mass is 10.2. The zero-order valence-electron chi connectivity index (χ0n) is 11.9. The fraction of sp³-hybridized carbons (Fsp3) is 0.571. The van der Waals surface area contributed by atoms with E-state index in [4.69, 9.17) is 5.11 Å². The van der Waals surface area contributed by atoms with Crippen molar-refractivity contribution in [2.45, 2.75) is 32.6 Å². The van der Waals surface area contributed by atoms with Gasteiger partial charge in [0.15, 0.2) is 0 Å². The van der Waals surface area contributed by atoms with Gasteiger partial charge in [-0.05, 0) is 37.1 Å². The minimum Gasteiger partial charge on any atom is -0.396 e. The molecule has 0 fully saturated rings. The monoisotopic (exact) mass is 294 g/mol. The van der Waals surface area contributed by atoms with E-state index < -0.39 is 0 Å². The first kappa shape index (κ1) is 15.0. The molecule has 2 rings (SSSR count). The van der Waals surface area contributed by atoms with Crippen molar-refractivity contribution in [3.63, 3.8) is 0 Å². The number of thiophene rings is 1. The maximum absolute atomic E-state index is 8.77. The third-order valence-corrected chi connectivity index (χ3v) is 3.79. The molecule has 2 aromatic rings. The van der Waals surface area contributed by atoms with Crippen LogP contribution in [0.1, 0.15) is 32.6 Å². The molecule has 0 saturated carbocycles. The molecular formula is C14H22N4OS. The Morgan fingerprint density at radius 3 is 2.85 bits per heavy atom. The Hall–Kier alpha value is -1.40. The van der Waals surface area contributed by atoms with Crippen molar-refractivity contribution in [2.24, 2.45) is 0 Å². The molecule has 20 heavy (non-hydrogen) atoms. The number of unbranched alkanes of at least 4 members (excludes halogenated alkanes) is 2. The Bertz CT molecular complexity index is 529. The minimum atomic E-state index is 0.271. The van der Waals surface area contributed by atoms with Crippen molar-refractivity contribution in [2.75, 3.05) is 30.3 Å². The molecule has 110 valence electrons. The van der Waals surface area contributed by atoms with Crippen molar-refractivity contribution in [3.05, 3.63) is 11.4 Å². The van der Waals surface area contributed by atoms with Crippen LogP contribution >= 0.6 is 11.3 Å². The molecule has 0 aliphatic heterocycles. The van der Waals surface area contributed by atoms with Crippen LogP contribution in [0.5, 0.6) is 0 Å². The summed E-state index contributed by atoms with van der Waals surface area (Å²) in [7, 11) is 0. The molecule has 0 saturated heterocycles. The van der Waals surface area contributed by atoms with Gasteiger partial charge in [-0.3, -0.25) is 0 Å². The van der Waals surface area contributed by atoms with Crippen LogP contribution in [-0.2, 0) is 0 Å². The van der Waals surface area contributed by atoms with Gasteiger partial charge in [-0.15, -0.1) is 11.3 Å². The minimum absolute atomic E-state index is 0.271. The molecule has 5 nitrogen and oxygen atoms in total. The van der Waals surface area contributed by atoms with Gasteiger partial charge in [0.2, 0.25) is 5.95 Å². The molecule has 6 heteroatoms. The second-order valence-electron chi connectivity index (χ2n) is 4.67. The van der Waals surface area contributed by atoms with Gasteiger partial charge in [0.1, 0.15) is 10.6 Å². The first-order chi connectivity index (χ1) is 9.85. The van der Waals surface area contributed by atoms with Gasteiger partial charge < -0.3 is 15.7 Å². The third-order valence-electron chi connectivity index (χ3n) is 2.99. The zero-order valence-corrected chi connectivity index (χ0v) is 12.7. The second kappa shape index (κ2) is 8.01. The molecule has 0 amide bonds. The highest BCUT2D eigenvalue weighted by Crippen LogP contribution is 2.26. The predicted molar refractivity (Wildman–Crippen MR) is 85.6 cm³/mol. The van der Waals surface area contributed by atoms with Gasteiger partial charge in [0.25, 0.3) is 0 Å². The number of hydrogen-bond donors (Lipinski definition) is 3. The average molecular weight is 294 g/mol. The summed E-state index contributed by atoms with van der Waals surface area (Å²) in [5.41, 5.74) is 0. The van der Waals surface area contributed by atoms with Crippen LogP contribution in [-0.4, -0.2) is 34.8 Å². The van der Waals surface area contributed by atoms with Crippen LogP contribution in [0.25, 0.3) is 10.2 Å². The van der Waals surface area contributed by atoms with Gasteiger partial charge in [-0.1, -0.05) is 6.92 Å². The summed E-state index contributed by atoms with van der Waals surface area (Å²) in [6, 6.07) is 2.06. The summed E-state index contributed by atoms with van der Waals surface area (Å²) < 4.78 is 0. The van der Waals surface area contributed by atoms with Gasteiger partial charge >= 0.3 is 0 Å². The third kappa shape index (κ3) is 4.05. The number of nitrogens with zero attached hydrogens (tertiary/aromatic N) is 2. The summed E-state index contributed by atoms with van der Waals surface area (Å²) in [6.07, 6.45) is 3.98. The van der Waals surface area contributed by atoms with Gasteiger partial charge in [0.05, 0.1) is 5.39 Å². The van der Waals surface area contributed by atoms with E-state index in [-0.39, 0.29) is 6.61 Å². The molecule has 0 aliphatic rings. The van der Waals surface area contributed by atoms with Crippen LogP contribution in [0.3, 0.4) is 0 Å². The fourth-order valence-corrected chi connectivity index (χ4v) is 2.69. The van der Waals surface area contributed by atoms with Crippen LogP contribution in [0.15, 0.2) is 11.4 Å². The second-order valence-corrected chi connectivity index (χ2v) is 5.57. The number of anilines is 2. The fourth-order valence-electron chi connectivity index (χ4n) is 1.93. The smallest absolute Gasteiger partial charge is 0.226 e. The van der Waals surface area contributed by atoms with E-state index in [0.29, 0.717) is 5.95 Å². The number of fused-ring (bicyclic) bond motifs is 1. The van der Waals surface area contributed by atoms with E-state index in [1.54, 1.807) is 11.3 Å². The summed E-state index contributed by atoms with van der Waals surface area (Å²) in [5.74, 6) is 1.60. The van der Waals surface area contributed by atoms with Crippen LogP contribution in [0.4, 0.5) is 11.8 Å². The highest BCUT2D eigenvalue weighted by Gasteiger charge is 2.08. The molecule has 0 unspecified atom stereocenters. The molecule has 2 heterocycles. The van der Waals surface area contributed by atoms with E-state index in [9.17, 15) is 0 Å². The van der Waals surface area contributed by atoms with E-state index in [1.807, 2.05) is 5.38 Å². The first-order valence-electron chi connectivity index (χ1n) is 7.19. The zero-order chi connectivity index (χ0) is 14.2. The quantitative estimate of drug-likeness (QED) is 0.620. The number of rotatable bonds is 9. The maximum atomic E-state index is 8.77. The lowest BCUT2D eigenvalue weighted by molar-refractivity contribution is 0.283. The molecule has 2 aromatic heterocycles. The van der Waals surface area contributed by atoms with Gasteiger partial charge in [-0.25, -0.2) is 4.98 Å². The van der Waals surface area contributed by atoms with Gasteiger partial charge in [0, 0.05) is 19.7 Å². The Morgan fingerprint density at radius 1 is 1.15 bits per heavy atom. The Balaban J connectivity index is 2.03. The molecule has 3 N–H and O–H groups in total. The largest absolute Gasteiger partial charge is 0.396 e. The van der Waals surface area contributed by atoms with E-state index in [0.717, 1.165) is 54.8 Å². The number of aliphatic hydroxyl groups excluding tert-OH is 1. The summed E-state index contributed by atoms with van der Waals surface area (Å²) in [6.45, 7) is 4.15. The van der Waals surface area contributed by atoms with Crippen molar-refractivity contribution in [3.8, 4) is 0 Å². The highest BCUT2D eigenvalue weighted by molar-refractivity contribution is 7.16. The summed E-state index contributed by atoms with van der Waals surface area (Å²) in [5, 5.41) is 18.5. The summed E-state index contributed by atoms with van der Waals surface area (Å²) in [4.78, 5) is 10.1. The SMILES string of the molecule is CCCNc1nc(NCCCCCO)c2ccsc2n1. The average Bonchev–Trinajstić information content (AvgIpc) is 2.93. The standard InChI is InChI=1S/C14H22N4OS/c1-2-7-16-14-17-12(15-8-4-3-5-9-19)11-6-10-20-13(11)18-14/h6,10,19H,2-5,7-9H2,1H3,(H2,15,16,17,18). The molecule has 0 radical (unpaired) electrons. The van der Waals surface area contributed by atoms with Crippen LogP contribution < -0.4 is 10.6 Å². The van der Waals surface area contributed by atoms with Crippen molar-refractivity contribution < 1.29 is 5.11 Å². The lowest BCUT2D eigenvalue weighted by Crippen LogP contribution is -2.08. The topological polar surface area (TPSA) is 70.1 Å². The first-order valence-corrected chi connectivity index (χ1v) is 8.07. The summed E-state index contributed by atoms with van der Waals surface area (Å²) >= 11 is 1.63. The van der Waals surface area contributed by atoms with Crippen molar-refractivity contribution in [1.82, 2.24) is 9.97 Å². The number of aliphatic hydroxyl groups is 1. The van der Waals surface area contributed by atoms with Crippen LogP contribution in [0.2, 0.25) is 0 Å².